The van der Waals surface area contributed by atoms with Crippen molar-refractivity contribution in [2.45, 2.75) is 45.4 Å². The standard InChI is InChI=1S/C19H28N2O6/c1-4-13(2)17(18(24)26-3)21-16(23)10-15(22)11-20-19(25)27-12-14-8-6-5-7-9-14/h5-9,13,15,17,22H,4,10-12H2,1-3H3,(H,20,25)(H,21,23)/t13-,15-,17-/m0/s1. The van der Waals surface area contributed by atoms with Crippen LogP contribution in [0.1, 0.15) is 32.3 Å². The Morgan fingerprint density at radius 3 is 2.44 bits per heavy atom. The maximum absolute atomic E-state index is 12.0. The van der Waals surface area contributed by atoms with Crippen molar-refractivity contribution in [2.24, 2.45) is 5.92 Å². The van der Waals surface area contributed by atoms with Gasteiger partial charge in [-0.15, -0.1) is 0 Å². The number of ether oxygens (including phenoxy) is 2. The van der Waals surface area contributed by atoms with Gasteiger partial charge in [0, 0.05) is 6.54 Å². The number of nitrogens with one attached hydrogen (secondary N) is 2. The lowest BCUT2D eigenvalue weighted by molar-refractivity contribution is -0.146. The fourth-order valence-corrected chi connectivity index (χ4v) is 2.29. The molecule has 0 unspecified atom stereocenters. The third-order valence-electron chi connectivity index (χ3n) is 4.10. The van der Waals surface area contributed by atoms with E-state index in [1.54, 1.807) is 0 Å². The molecule has 0 aromatic heterocycles. The van der Waals surface area contributed by atoms with E-state index in [0.717, 1.165) is 5.56 Å². The van der Waals surface area contributed by atoms with Gasteiger partial charge in [-0.05, 0) is 11.5 Å². The van der Waals surface area contributed by atoms with E-state index in [4.69, 9.17) is 9.47 Å². The highest BCUT2D eigenvalue weighted by Crippen LogP contribution is 2.09. The minimum atomic E-state index is -1.11. The molecule has 0 aliphatic rings. The summed E-state index contributed by atoms with van der Waals surface area (Å²) < 4.78 is 9.71. The molecule has 0 bridgehead atoms. The summed E-state index contributed by atoms with van der Waals surface area (Å²) in [6.45, 7) is 3.68. The molecule has 1 rings (SSSR count). The van der Waals surface area contributed by atoms with Crippen LogP contribution in [-0.4, -0.2) is 48.9 Å². The molecule has 2 amide bonds. The van der Waals surface area contributed by atoms with Gasteiger partial charge in [-0.25, -0.2) is 9.59 Å². The fraction of sp³-hybridized carbons (Fsp3) is 0.526. The van der Waals surface area contributed by atoms with Crippen LogP contribution in [0.25, 0.3) is 0 Å². The summed E-state index contributed by atoms with van der Waals surface area (Å²) >= 11 is 0. The topological polar surface area (TPSA) is 114 Å². The molecule has 8 heteroatoms. The predicted octanol–water partition coefficient (Wildman–Crippen LogP) is 1.37. The van der Waals surface area contributed by atoms with Gasteiger partial charge in [0.25, 0.3) is 0 Å². The molecule has 3 atom stereocenters. The first-order valence-electron chi connectivity index (χ1n) is 8.87. The van der Waals surface area contributed by atoms with Crippen LogP contribution in [0, 0.1) is 5.92 Å². The van der Waals surface area contributed by atoms with Crippen molar-refractivity contribution in [3.05, 3.63) is 35.9 Å². The highest BCUT2D eigenvalue weighted by atomic mass is 16.5. The van der Waals surface area contributed by atoms with E-state index in [9.17, 15) is 19.5 Å². The summed E-state index contributed by atoms with van der Waals surface area (Å²) in [5, 5.41) is 14.9. The molecule has 0 fully saturated rings. The van der Waals surface area contributed by atoms with Gasteiger partial charge in [0.2, 0.25) is 5.91 Å². The Morgan fingerprint density at radius 2 is 1.85 bits per heavy atom. The highest BCUT2D eigenvalue weighted by molar-refractivity contribution is 5.84. The van der Waals surface area contributed by atoms with Crippen LogP contribution in [0.2, 0.25) is 0 Å². The molecule has 8 nitrogen and oxygen atoms in total. The van der Waals surface area contributed by atoms with Gasteiger partial charge in [0.15, 0.2) is 0 Å². The number of aliphatic hydroxyl groups excluding tert-OH is 1. The zero-order valence-corrected chi connectivity index (χ0v) is 15.9. The van der Waals surface area contributed by atoms with Crippen LogP contribution in [0.4, 0.5) is 4.79 Å². The number of carbonyl (C=O) groups is 3. The summed E-state index contributed by atoms with van der Waals surface area (Å²) in [6, 6.07) is 8.39. The molecule has 0 spiro atoms. The van der Waals surface area contributed by atoms with Crippen LogP contribution in [0.15, 0.2) is 30.3 Å². The SMILES string of the molecule is CC[C@H](C)[C@H](NC(=O)C[C@H](O)CNC(=O)OCc1ccccc1)C(=O)OC. The van der Waals surface area contributed by atoms with Gasteiger partial charge in [-0.1, -0.05) is 50.6 Å². The van der Waals surface area contributed by atoms with Crippen LogP contribution < -0.4 is 10.6 Å². The average Bonchev–Trinajstić information content (AvgIpc) is 2.68. The van der Waals surface area contributed by atoms with Crippen molar-refractivity contribution >= 4 is 18.0 Å². The summed E-state index contributed by atoms with van der Waals surface area (Å²) in [5.74, 6) is -1.14. The molecule has 0 heterocycles. The molecule has 0 saturated carbocycles. The predicted molar refractivity (Wildman–Crippen MR) is 98.7 cm³/mol. The first-order valence-corrected chi connectivity index (χ1v) is 8.87. The van der Waals surface area contributed by atoms with Crippen molar-refractivity contribution in [2.75, 3.05) is 13.7 Å². The van der Waals surface area contributed by atoms with Gasteiger partial charge < -0.3 is 25.2 Å². The smallest absolute Gasteiger partial charge is 0.407 e. The van der Waals surface area contributed by atoms with Gasteiger partial charge in [-0.2, -0.15) is 0 Å². The van der Waals surface area contributed by atoms with Crippen LogP contribution in [-0.2, 0) is 25.7 Å². The van der Waals surface area contributed by atoms with Gasteiger partial charge >= 0.3 is 12.1 Å². The second kappa shape index (κ2) is 11.9. The molecule has 0 aliphatic carbocycles. The Labute approximate surface area is 159 Å². The van der Waals surface area contributed by atoms with E-state index in [1.807, 2.05) is 44.2 Å². The number of rotatable bonds is 10. The normalized spacial score (nSPS) is 13.8. The Bertz CT molecular complexity index is 607. The van der Waals surface area contributed by atoms with E-state index in [0.29, 0.717) is 6.42 Å². The third kappa shape index (κ3) is 8.54. The van der Waals surface area contributed by atoms with Crippen molar-refractivity contribution in [3.63, 3.8) is 0 Å². The molecule has 1 aromatic carbocycles. The largest absolute Gasteiger partial charge is 0.467 e. The lowest BCUT2D eigenvalue weighted by Crippen LogP contribution is -2.47. The Balaban J connectivity index is 2.35. The van der Waals surface area contributed by atoms with Gasteiger partial charge in [0.05, 0.1) is 19.6 Å². The Hall–Kier alpha value is -2.61. The quantitative estimate of drug-likeness (QED) is 0.528. The molecule has 150 valence electrons. The zero-order chi connectivity index (χ0) is 20.2. The fourth-order valence-electron chi connectivity index (χ4n) is 2.29. The molecular weight excluding hydrogens is 352 g/mol. The lowest BCUT2D eigenvalue weighted by Gasteiger charge is -2.22. The van der Waals surface area contributed by atoms with Crippen molar-refractivity contribution < 1.29 is 29.0 Å². The number of alkyl carbamates (subject to hydrolysis) is 1. The molecule has 0 saturated heterocycles. The van der Waals surface area contributed by atoms with Crippen LogP contribution >= 0.6 is 0 Å². The van der Waals surface area contributed by atoms with E-state index in [-0.39, 0.29) is 25.5 Å². The van der Waals surface area contributed by atoms with Crippen molar-refractivity contribution in [1.29, 1.82) is 0 Å². The summed E-state index contributed by atoms with van der Waals surface area (Å²) in [7, 11) is 1.25. The number of hydrogen-bond donors (Lipinski definition) is 3. The Kier molecular flexibility index (Phi) is 9.89. The second-order valence-electron chi connectivity index (χ2n) is 6.25. The first-order chi connectivity index (χ1) is 12.9. The average molecular weight is 380 g/mol. The van der Waals surface area contributed by atoms with Crippen LogP contribution in [0.5, 0.6) is 0 Å². The Morgan fingerprint density at radius 1 is 1.19 bits per heavy atom. The lowest BCUT2D eigenvalue weighted by atomic mass is 9.99. The first kappa shape index (κ1) is 22.4. The number of carbonyl (C=O) groups excluding carboxylic acids is 3. The van der Waals surface area contributed by atoms with E-state index >= 15 is 0 Å². The maximum atomic E-state index is 12.0. The third-order valence-corrected chi connectivity index (χ3v) is 4.10. The summed E-state index contributed by atoms with van der Waals surface area (Å²) in [5.41, 5.74) is 0.839. The second-order valence-corrected chi connectivity index (χ2v) is 6.25. The monoisotopic (exact) mass is 380 g/mol. The molecule has 27 heavy (non-hydrogen) atoms. The highest BCUT2D eigenvalue weighted by Gasteiger charge is 2.27. The number of esters is 1. The minimum Gasteiger partial charge on any atom is -0.467 e. The van der Waals surface area contributed by atoms with Crippen molar-refractivity contribution in [1.82, 2.24) is 10.6 Å². The van der Waals surface area contributed by atoms with Crippen LogP contribution in [0.3, 0.4) is 0 Å². The molecule has 3 N–H and O–H groups in total. The van der Waals surface area contributed by atoms with E-state index in [1.165, 1.54) is 7.11 Å². The molecule has 0 radical (unpaired) electrons. The minimum absolute atomic E-state index is 0.107. The summed E-state index contributed by atoms with van der Waals surface area (Å²) in [6.07, 6.45) is -1.38. The van der Waals surface area contributed by atoms with Gasteiger partial charge in [0.1, 0.15) is 12.6 Å². The zero-order valence-electron chi connectivity index (χ0n) is 15.9. The molecule has 1 aromatic rings. The van der Waals surface area contributed by atoms with Crippen molar-refractivity contribution in [3.8, 4) is 0 Å². The number of methoxy groups -OCH3 is 1. The van der Waals surface area contributed by atoms with E-state index < -0.39 is 30.1 Å². The number of amides is 2. The number of benzene rings is 1. The maximum Gasteiger partial charge on any atom is 0.407 e. The number of aliphatic hydroxyl groups is 1. The van der Waals surface area contributed by atoms with E-state index in [2.05, 4.69) is 10.6 Å². The summed E-state index contributed by atoms with van der Waals surface area (Å²) in [4.78, 5) is 35.4. The number of hydrogen-bond acceptors (Lipinski definition) is 6. The molecule has 0 aliphatic heterocycles. The van der Waals surface area contributed by atoms with Gasteiger partial charge in [-0.3, -0.25) is 4.79 Å². The molecular formula is C19H28N2O6.